The number of benzene rings is 2. The average Bonchev–Trinajstić information content (AvgIpc) is 2.84. The van der Waals surface area contributed by atoms with Gasteiger partial charge in [0.05, 0.1) is 0 Å². The fourth-order valence-corrected chi connectivity index (χ4v) is 3.96. The van der Waals surface area contributed by atoms with Crippen LogP contribution in [0, 0.1) is 5.92 Å². The van der Waals surface area contributed by atoms with Crippen LogP contribution < -0.4 is 14.8 Å². The van der Waals surface area contributed by atoms with E-state index < -0.39 is 6.04 Å². The van der Waals surface area contributed by atoms with Gasteiger partial charge in [0, 0.05) is 19.5 Å². The lowest BCUT2D eigenvalue weighted by atomic mass is 10.0. The van der Waals surface area contributed by atoms with Crippen molar-refractivity contribution in [3.05, 3.63) is 59.7 Å². The first-order chi connectivity index (χ1) is 16.0. The molecule has 33 heavy (non-hydrogen) atoms. The smallest absolute Gasteiger partial charge is 0.242 e. The second-order valence-electron chi connectivity index (χ2n) is 8.86. The lowest BCUT2D eigenvalue weighted by Crippen LogP contribution is -2.50. The summed E-state index contributed by atoms with van der Waals surface area (Å²) in [7, 11) is 0. The summed E-state index contributed by atoms with van der Waals surface area (Å²) in [4.78, 5) is 28.1. The molecule has 1 N–H and O–H groups in total. The van der Waals surface area contributed by atoms with Crippen molar-refractivity contribution in [1.82, 2.24) is 10.2 Å². The fraction of sp³-hybridized carbons (Fsp3) is 0.481. The molecule has 0 aromatic heterocycles. The number of aryl methyl sites for hydroxylation is 1. The maximum Gasteiger partial charge on any atom is 0.242 e. The summed E-state index contributed by atoms with van der Waals surface area (Å²) < 4.78 is 11.2. The van der Waals surface area contributed by atoms with Crippen molar-refractivity contribution in [2.24, 2.45) is 5.92 Å². The highest BCUT2D eigenvalue weighted by Crippen LogP contribution is 2.31. The van der Waals surface area contributed by atoms with Crippen LogP contribution in [0.25, 0.3) is 0 Å². The molecule has 3 rings (SSSR count). The van der Waals surface area contributed by atoms with Crippen LogP contribution >= 0.6 is 0 Å². The molecule has 2 amide bonds. The number of amides is 2. The fourth-order valence-electron chi connectivity index (χ4n) is 3.96. The summed E-state index contributed by atoms with van der Waals surface area (Å²) in [6.45, 7) is 8.29. The molecule has 0 saturated heterocycles. The van der Waals surface area contributed by atoms with Crippen LogP contribution in [-0.4, -0.2) is 49.1 Å². The number of hydrogen-bond acceptors (Lipinski definition) is 4. The molecule has 0 spiro atoms. The normalized spacial score (nSPS) is 13.5. The first-order valence-electron chi connectivity index (χ1n) is 12.0. The molecule has 0 saturated carbocycles. The van der Waals surface area contributed by atoms with Gasteiger partial charge in [0.25, 0.3) is 0 Å². The van der Waals surface area contributed by atoms with E-state index in [1.54, 1.807) is 4.90 Å². The van der Waals surface area contributed by atoms with E-state index in [4.69, 9.17) is 9.47 Å². The van der Waals surface area contributed by atoms with E-state index in [1.807, 2.05) is 43.3 Å². The zero-order valence-electron chi connectivity index (χ0n) is 20.0. The average molecular weight is 453 g/mol. The molecular formula is C27H36N2O4. The lowest BCUT2D eigenvalue weighted by molar-refractivity contribution is -0.140. The number of fused-ring (bicyclic) bond motifs is 1. The van der Waals surface area contributed by atoms with E-state index >= 15 is 0 Å². The summed E-state index contributed by atoms with van der Waals surface area (Å²) in [5.74, 6) is 1.75. The van der Waals surface area contributed by atoms with E-state index in [-0.39, 0.29) is 11.8 Å². The Bertz CT molecular complexity index is 914. The van der Waals surface area contributed by atoms with Gasteiger partial charge in [0.15, 0.2) is 11.5 Å². The van der Waals surface area contributed by atoms with Gasteiger partial charge in [-0.1, -0.05) is 57.2 Å². The first-order valence-corrected chi connectivity index (χ1v) is 12.0. The molecule has 2 aromatic carbocycles. The second-order valence-corrected chi connectivity index (χ2v) is 8.86. The van der Waals surface area contributed by atoms with Crippen molar-refractivity contribution in [2.75, 3.05) is 26.3 Å². The number of carbonyl (C=O) groups excluding carboxylic acids is 2. The van der Waals surface area contributed by atoms with Gasteiger partial charge in [0.2, 0.25) is 11.8 Å². The molecule has 6 nitrogen and oxygen atoms in total. The topological polar surface area (TPSA) is 67.9 Å². The molecule has 178 valence electrons. The third-order valence-corrected chi connectivity index (χ3v) is 5.79. The van der Waals surface area contributed by atoms with Gasteiger partial charge >= 0.3 is 0 Å². The van der Waals surface area contributed by atoms with Crippen LogP contribution in [0.4, 0.5) is 0 Å². The highest BCUT2D eigenvalue weighted by Gasteiger charge is 2.28. The van der Waals surface area contributed by atoms with E-state index in [1.165, 1.54) is 0 Å². The van der Waals surface area contributed by atoms with Crippen LogP contribution in [0.5, 0.6) is 11.5 Å². The molecular weight excluding hydrogens is 416 g/mol. The Hall–Kier alpha value is -3.02. The molecule has 1 heterocycles. The Morgan fingerprint density at radius 1 is 0.970 bits per heavy atom. The van der Waals surface area contributed by atoms with Crippen LogP contribution in [0.2, 0.25) is 0 Å². The Labute approximate surface area is 197 Å². The van der Waals surface area contributed by atoms with Gasteiger partial charge in [-0.05, 0) is 48.4 Å². The molecule has 0 bridgehead atoms. The molecule has 1 aliphatic rings. The molecule has 0 unspecified atom stereocenters. The van der Waals surface area contributed by atoms with Crippen molar-refractivity contribution < 1.29 is 19.1 Å². The summed E-state index contributed by atoms with van der Waals surface area (Å²) >= 11 is 0. The van der Waals surface area contributed by atoms with E-state index in [2.05, 4.69) is 31.3 Å². The van der Waals surface area contributed by atoms with Crippen LogP contribution in [0.15, 0.2) is 48.5 Å². The largest absolute Gasteiger partial charge is 0.486 e. The van der Waals surface area contributed by atoms with Gasteiger partial charge in [-0.3, -0.25) is 9.59 Å². The minimum atomic E-state index is -0.472. The van der Waals surface area contributed by atoms with Gasteiger partial charge < -0.3 is 19.7 Å². The summed E-state index contributed by atoms with van der Waals surface area (Å²) in [6, 6.07) is 15.4. The third-order valence-electron chi connectivity index (χ3n) is 5.79. The molecule has 1 aliphatic heterocycles. The Morgan fingerprint density at radius 2 is 1.70 bits per heavy atom. The summed E-state index contributed by atoms with van der Waals surface area (Å²) in [5, 5.41) is 3.01. The quantitative estimate of drug-likeness (QED) is 0.559. The number of ether oxygens (including phenoxy) is 2. The minimum absolute atomic E-state index is 0.00707. The van der Waals surface area contributed by atoms with E-state index in [9.17, 15) is 9.59 Å². The predicted octanol–water partition coefficient (Wildman–Crippen LogP) is 4.01. The van der Waals surface area contributed by atoms with Gasteiger partial charge in [-0.25, -0.2) is 0 Å². The Balaban J connectivity index is 1.69. The first kappa shape index (κ1) is 24.6. The molecule has 2 aromatic rings. The maximum absolute atomic E-state index is 13.4. The second kappa shape index (κ2) is 12.3. The van der Waals surface area contributed by atoms with Crippen molar-refractivity contribution in [1.29, 1.82) is 0 Å². The predicted molar refractivity (Wildman–Crippen MR) is 130 cm³/mol. The Morgan fingerprint density at radius 3 is 2.39 bits per heavy atom. The van der Waals surface area contributed by atoms with E-state index in [0.29, 0.717) is 57.9 Å². The zero-order chi connectivity index (χ0) is 23.6. The van der Waals surface area contributed by atoms with Crippen molar-refractivity contribution in [3.8, 4) is 11.5 Å². The van der Waals surface area contributed by atoms with E-state index in [0.717, 1.165) is 22.6 Å². The van der Waals surface area contributed by atoms with Crippen molar-refractivity contribution in [2.45, 2.75) is 52.5 Å². The van der Waals surface area contributed by atoms with Crippen molar-refractivity contribution in [3.63, 3.8) is 0 Å². The van der Waals surface area contributed by atoms with Gasteiger partial charge in [-0.15, -0.1) is 0 Å². The lowest BCUT2D eigenvalue weighted by Gasteiger charge is -2.31. The SMILES string of the molecule is CC[C@H](C(=O)NCC(C)C)N(CCc1ccccc1)C(=O)CCc1ccc2c(c1)OCCO2. The third kappa shape index (κ3) is 7.24. The highest BCUT2D eigenvalue weighted by molar-refractivity contribution is 5.87. The molecule has 1 atom stereocenters. The van der Waals surface area contributed by atoms with Crippen LogP contribution in [-0.2, 0) is 22.4 Å². The Kier molecular flexibility index (Phi) is 9.16. The number of rotatable bonds is 11. The number of nitrogens with one attached hydrogen (secondary N) is 1. The van der Waals surface area contributed by atoms with Crippen LogP contribution in [0.3, 0.4) is 0 Å². The van der Waals surface area contributed by atoms with Crippen LogP contribution in [0.1, 0.15) is 44.7 Å². The van der Waals surface area contributed by atoms with Gasteiger partial charge in [-0.2, -0.15) is 0 Å². The molecule has 6 heteroatoms. The minimum Gasteiger partial charge on any atom is -0.486 e. The number of hydrogen-bond donors (Lipinski definition) is 1. The van der Waals surface area contributed by atoms with Crippen molar-refractivity contribution >= 4 is 11.8 Å². The summed E-state index contributed by atoms with van der Waals surface area (Å²) in [5.41, 5.74) is 2.17. The maximum atomic E-state index is 13.4. The number of carbonyl (C=O) groups is 2. The summed E-state index contributed by atoms with van der Waals surface area (Å²) in [6.07, 6.45) is 2.21. The molecule has 0 radical (unpaired) electrons. The number of nitrogens with zero attached hydrogens (tertiary/aromatic N) is 1. The van der Waals surface area contributed by atoms with Gasteiger partial charge in [0.1, 0.15) is 19.3 Å². The highest BCUT2D eigenvalue weighted by atomic mass is 16.6. The monoisotopic (exact) mass is 452 g/mol. The molecule has 0 fully saturated rings. The zero-order valence-corrected chi connectivity index (χ0v) is 20.0. The standard InChI is InChI=1S/C27H36N2O4/c1-4-23(27(31)28-19-20(2)3)29(15-14-21-8-6-5-7-9-21)26(30)13-11-22-10-12-24-25(18-22)33-17-16-32-24/h5-10,12,18,20,23H,4,11,13-17,19H2,1-3H3,(H,28,31)/t23-/m1/s1. The molecule has 0 aliphatic carbocycles.